The van der Waals surface area contributed by atoms with E-state index in [0.717, 1.165) is 12.0 Å². The average Bonchev–Trinajstić information content (AvgIpc) is 2.64. The molecule has 3 rings (SSSR count). The summed E-state index contributed by atoms with van der Waals surface area (Å²) in [6.07, 6.45) is 0.753. The highest BCUT2D eigenvalue weighted by atomic mass is 35.5. The third-order valence-corrected chi connectivity index (χ3v) is 4.47. The summed E-state index contributed by atoms with van der Waals surface area (Å²) in [5, 5.41) is 12.7. The van der Waals surface area contributed by atoms with Crippen LogP contribution in [-0.2, 0) is 6.42 Å². The number of amides is 1. The van der Waals surface area contributed by atoms with Crippen LogP contribution in [0.5, 0.6) is 5.75 Å². The van der Waals surface area contributed by atoms with Gasteiger partial charge in [-0.15, -0.1) is 0 Å². The van der Waals surface area contributed by atoms with E-state index in [2.05, 4.69) is 5.32 Å². The van der Waals surface area contributed by atoms with E-state index < -0.39 is 11.7 Å². The van der Waals surface area contributed by atoms with Crippen molar-refractivity contribution in [3.63, 3.8) is 0 Å². The van der Waals surface area contributed by atoms with E-state index in [9.17, 15) is 14.3 Å². The summed E-state index contributed by atoms with van der Waals surface area (Å²) in [7, 11) is 0. The second kappa shape index (κ2) is 7.58. The van der Waals surface area contributed by atoms with Crippen molar-refractivity contribution < 1.29 is 14.3 Å². The van der Waals surface area contributed by atoms with Crippen molar-refractivity contribution in [1.29, 1.82) is 0 Å². The van der Waals surface area contributed by atoms with Crippen LogP contribution in [0, 0.1) is 5.82 Å². The van der Waals surface area contributed by atoms with Crippen molar-refractivity contribution in [2.75, 3.05) is 5.32 Å². The molecular formula is C21H17ClFNO2. The number of carbonyl (C=O) groups is 1. The lowest BCUT2D eigenvalue weighted by molar-refractivity contribution is 0.102. The number of hydrogen-bond acceptors (Lipinski definition) is 2. The topological polar surface area (TPSA) is 49.3 Å². The number of anilines is 1. The van der Waals surface area contributed by atoms with Gasteiger partial charge in [0.25, 0.3) is 5.91 Å². The first-order valence-corrected chi connectivity index (χ1v) is 8.55. The van der Waals surface area contributed by atoms with Gasteiger partial charge in [0.15, 0.2) is 0 Å². The molecule has 0 fully saturated rings. The first-order chi connectivity index (χ1) is 12.5. The zero-order valence-electron chi connectivity index (χ0n) is 14.1. The Morgan fingerprint density at radius 1 is 1.12 bits per heavy atom. The smallest absolute Gasteiger partial charge is 0.258 e. The van der Waals surface area contributed by atoms with Crippen molar-refractivity contribution in [3.8, 4) is 16.9 Å². The Balaban J connectivity index is 1.96. The molecule has 0 heterocycles. The van der Waals surface area contributed by atoms with Crippen LogP contribution in [0.15, 0.2) is 60.7 Å². The van der Waals surface area contributed by atoms with Gasteiger partial charge < -0.3 is 10.4 Å². The van der Waals surface area contributed by atoms with E-state index in [1.807, 2.05) is 25.1 Å². The van der Waals surface area contributed by atoms with E-state index in [0.29, 0.717) is 11.3 Å². The minimum Gasteiger partial charge on any atom is -0.506 e. The molecule has 3 nitrogen and oxygen atoms in total. The highest BCUT2D eigenvalue weighted by Crippen LogP contribution is 2.32. The van der Waals surface area contributed by atoms with Crippen LogP contribution >= 0.6 is 11.6 Å². The molecule has 5 heteroatoms. The minimum atomic E-state index is -0.652. The highest BCUT2D eigenvalue weighted by Gasteiger charge is 2.17. The number of nitrogens with one attached hydrogen (secondary N) is 1. The average molecular weight is 370 g/mol. The standard InChI is InChI=1S/C21H17ClFNO2/c1-2-13-6-3-4-9-18(13)24-21(26)16-8-5-7-15(20(16)23)14-10-11-17(22)19(25)12-14/h3-12,25H,2H2,1H3,(H,24,26). The van der Waals surface area contributed by atoms with Crippen molar-refractivity contribution in [3.05, 3.63) is 82.6 Å². The van der Waals surface area contributed by atoms with E-state index >= 15 is 0 Å². The van der Waals surface area contributed by atoms with Crippen LogP contribution in [0.2, 0.25) is 5.02 Å². The van der Waals surface area contributed by atoms with E-state index in [-0.39, 0.29) is 21.9 Å². The van der Waals surface area contributed by atoms with Crippen LogP contribution in [-0.4, -0.2) is 11.0 Å². The zero-order chi connectivity index (χ0) is 18.7. The summed E-state index contributed by atoms with van der Waals surface area (Å²) in [6.45, 7) is 1.99. The van der Waals surface area contributed by atoms with Gasteiger partial charge in [0, 0.05) is 11.3 Å². The van der Waals surface area contributed by atoms with Crippen LogP contribution in [0.4, 0.5) is 10.1 Å². The molecule has 0 aliphatic heterocycles. The monoisotopic (exact) mass is 369 g/mol. The first-order valence-electron chi connectivity index (χ1n) is 8.18. The SMILES string of the molecule is CCc1ccccc1NC(=O)c1cccc(-c2ccc(Cl)c(O)c2)c1F. The Kier molecular flexibility index (Phi) is 5.24. The van der Waals surface area contributed by atoms with Crippen LogP contribution in [0.25, 0.3) is 11.1 Å². The third-order valence-electron chi connectivity index (χ3n) is 4.15. The molecule has 0 radical (unpaired) electrons. The lowest BCUT2D eigenvalue weighted by Gasteiger charge is -2.12. The summed E-state index contributed by atoms with van der Waals surface area (Å²) in [5.41, 5.74) is 2.22. The maximum atomic E-state index is 15.0. The number of aromatic hydroxyl groups is 1. The fourth-order valence-electron chi connectivity index (χ4n) is 2.75. The van der Waals surface area contributed by atoms with Gasteiger partial charge in [-0.3, -0.25) is 4.79 Å². The van der Waals surface area contributed by atoms with E-state index in [4.69, 9.17) is 11.6 Å². The second-order valence-electron chi connectivity index (χ2n) is 5.80. The molecule has 0 bridgehead atoms. The van der Waals surface area contributed by atoms with Gasteiger partial charge in [0.05, 0.1) is 10.6 Å². The number of halogens is 2. The number of rotatable bonds is 4. The quantitative estimate of drug-likeness (QED) is 0.622. The Hall–Kier alpha value is -2.85. The Labute approximate surface area is 156 Å². The molecule has 3 aromatic carbocycles. The number of phenolic OH excluding ortho intramolecular Hbond substituents is 1. The number of phenols is 1. The predicted octanol–water partition coefficient (Wildman–Crippen LogP) is 5.67. The molecular weight excluding hydrogens is 353 g/mol. The summed E-state index contributed by atoms with van der Waals surface area (Å²) >= 11 is 5.80. The molecule has 0 aromatic heterocycles. The van der Waals surface area contributed by atoms with Crippen molar-refractivity contribution in [1.82, 2.24) is 0 Å². The maximum absolute atomic E-state index is 15.0. The molecule has 26 heavy (non-hydrogen) atoms. The van der Waals surface area contributed by atoms with Gasteiger partial charge in [0.2, 0.25) is 0 Å². The fourth-order valence-corrected chi connectivity index (χ4v) is 2.87. The maximum Gasteiger partial charge on any atom is 0.258 e. The molecule has 0 aliphatic carbocycles. The van der Waals surface area contributed by atoms with Crippen LogP contribution in [0.3, 0.4) is 0 Å². The molecule has 0 saturated carbocycles. The molecule has 0 spiro atoms. The molecule has 1 amide bonds. The van der Waals surface area contributed by atoms with Crippen molar-refractivity contribution >= 4 is 23.2 Å². The number of aryl methyl sites for hydroxylation is 1. The Bertz CT molecular complexity index is 972. The lowest BCUT2D eigenvalue weighted by Crippen LogP contribution is -2.15. The molecule has 2 N–H and O–H groups in total. The van der Waals surface area contributed by atoms with Crippen molar-refractivity contribution in [2.45, 2.75) is 13.3 Å². The number of hydrogen-bond donors (Lipinski definition) is 2. The normalized spacial score (nSPS) is 10.6. The second-order valence-corrected chi connectivity index (χ2v) is 6.21. The predicted molar refractivity (Wildman–Crippen MR) is 102 cm³/mol. The number of para-hydroxylation sites is 1. The van der Waals surface area contributed by atoms with E-state index in [1.165, 1.54) is 18.2 Å². The Morgan fingerprint density at radius 3 is 2.62 bits per heavy atom. The van der Waals surface area contributed by atoms with Gasteiger partial charge >= 0.3 is 0 Å². The third kappa shape index (κ3) is 3.55. The largest absolute Gasteiger partial charge is 0.506 e. The number of benzene rings is 3. The first kappa shape index (κ1) is 18.0. The Morgan fingerprint density at radius 2 is 1.88 bits per heavy atom. The minimum absolute atomic E-state index is 0.0668. The fraction of sp³-hybridized carbons (Fsp3) is 0.0952. The lowest BCUT2D eigenvalue weighted by atomic mass is 10.0. The summed E-state index contributed by atoms with van der Waals surface area (Å²) in [4.78, 5) is 12.6. The molecule has 132 valence electrons. The van der Waals surface area contributed by atoms with Gasteiger partial charge in [-0.2, -0.15) is 0 Å². The van der Waals surface area contributed by atoms with Crippen molar-refractivity contribution in [2.24, 2.45) is 0 Å². The van der Waals surface area contributed by atoms with Gasteiger partial charge in [-0.1, -0.05) is 54.9 Å². The molecule has 0 unspecified atom stereocenters. The molecule has 3 aromatic rings. The summed E-state index contributed by atoms with van der Waals surface area (Å²) in [6, 6.07) is 16.4. The van der Waals surface area contributed by atoms with Gasteiger partial charge in [-0.05, 0) is 41.8 Å². The summed E-state index contributed by atoms with van der Waals surface area (Å²) < 4.78 is 15.0. The number of carbonyl (C=O) groups excluding carboxylic acids is 1. The highest BCUT2D eigenvalue weighted by molar-refractivity contribution is 6.32. The van der Waals surface area contributed by atoms with Gasteiger partial charge in [0.1, 0.15) is 11.6 Å². The molecule has 0 aliphatic rings. The molecule has 0 atom stereocenters. The zero-order valence-corrected chi connectivity index (χ0v) is 14.8. The van der Waals surface area contributed by atoms with Crippen LogP contribution < -0.4 is 5.32 Å². The van der Waals surface area contributed by atoms with Gasteiger partial charge in [-0.25, -0.2) is 4.39 Å². The van der Waals surface area contributed by atoms with E-state index in [1.54, 1.807) is 24.3 Å². The molecule has 0 saturated heterocycles. The summed E-state index contributed by atoms with van der Waals surface area (Å²) in [5.74, 6) is -1.32. The van der Waals surface area contributed by atoms with Crippen LogP contribution in [0.1, 0.15) is 22.8 Å².